The molecule has 0 unspecified atom stereocenters. The van der Waals surface area contributed by atoms with Crippen LogP contribution in [0.4, 0.5) is 13.2 Å². The van der Waals surface area contributed by atoms with Crippen molar-refractivity contribution in [1.82, 2.24) is 19.5 Å². The second-order valence-electron chi connectivity index (χ2n) is 14.0. The fourth-order valence-corrected chi connectivity index (χ4v) is 8.14. The Labute approximate surface area is 326 Å². The first-order chi connectivity index (χ1) is 27.7. The molecule has 10 rings (SSSR count). The summed E-state index contributed by atoms with van der Waals surface area (Å²) in [5.41, 5.74) is 8.30. The number of nitrogens with zero attached hydrogens (tertiary/aromatic N) is 4. The molecule has 10 aromatic rings. The number of furan rings is 1. The zero-order valence-corrected chi connectivity index (χ0v) is 31.3. The summed E-state index contributed by atoms with van der Waals surface area (Å²) >= 11 is 0. The Bertz CT molecular complexity index is 3220. The molecule has 0 fully saturated rings. The van der Waals surface area contributed by atoms with Gasteiger partial charge in [-0.15, -0.1) is 0 Å². The van der Waals surface area contributed by atoms with E-state index >= 15 is 0 Å². The normalized spacial score (nSPS) is 12.1. The Hall–Kier alpha value is -6.89. The molecule has 5 nitrogen and oxygen atoms in total. The lowest BCUT2D eigenvalue weighted by Crippen LogP contribution is -2.12. The van der Waals surface area contributed by atoms with E-state index in [2.05, 4.69) is 41.2 Å². The number of halogens is 3. The number of alkyl halides is 3. The molecule has 0 amide bonds. The van der Waals surface area contributed by atoms with E-state index in [0.717, 1.165) is 66.1 Å². The quantitative estimate of drug-likeness (QED) is 0.158. The van der Waals surface area contributed by atoms with Crippen LogP contribution in [0, 0.1) is 6.92 Å². The molecule has 0 spiro atoms. The molecule has 3 heterocycles. The summed E-state index contributed by atoms with van der Waals surface area (Å²) in [6.07, 6.45) is -0.446. The molecule has 0 N–H and O–H groups in total. The van der Waals surface area contributed by atoms with Gasteiger partial charge in [-0.2, -0.15) is 13.2 Å². The lowest BCUT2D eigenvalue weighted by molar-refractivity contribution is -0.137. The minimum atomic E-state index is -4.53. The lowest BCUT2D eigenvalue weighted by atomic mass is 9.96. The molecule has 0 bridgehead atoms. The van der Waals surface area contributed by atoms with Crippen molar-refractivity contribution in [2.75, 3.05) is 0 Å². The van der Waals surface area contributed by atoms with Gasteiger partial charge in [0.15, 0.2) is 17.2 Å². The van der Waals surface area contributed by atoms with Crippen LogP contribution in [0.15, 0.2) is 156 Å². The van der Waals surface area contributed by atoms with E-state index in [4.69, 9.17) is 19.4 Å². The molecule has 3 aromatic heterocycles. The molecule has 0 aliphatic heterocycles. The number of fused-ring (bicyclic) bond motifs is 6. The fraction of sp³-hybridized carbons (Fsp3) is 0.0417. The molecule has 274 valence electrons. The molecule has 0 radical (unpaired) electrons. The zero-order valence-electron chi connectivity index (χ0n) is 30.4. The molecule has 9 heteroatoms. The van der Waals surface area contributed by atoms with Crippen LogP contribution in [0.5, 0.6) is 0 Å². The molecule has 0 aliphatic rings. The van der Waals surface area contributed by atoms with E-state index in [0.29, 0.717) is 42.1 Å². The Morgan fingerprint density at radius 2 is 1.21 bits per heavy atom. The number of benzene rings is 7. The van der Waals surface area contributed by atoms with Crippen molar-refractivity contribution in [2.45, 2.75) is 13.1 Å². The van der Waals surface area contributed by atoms with Gasteiger partial charge in [0.25, 0.3) is 0 Å². The van der Waals surface area contributed by atoms with Crippen molar-refractivity contribution < 1.29 is 17.6 Å². The largest absolute Gasteiger partial charge is 0.456 e. The first kappa shape index (κ1) is 34.6. The van der Waals surface area contributed by atoms with Crippen LogP contribution in [0.2, 0.25) is 0 Å². The first-order valence-corrected chi connectivity index (χ1v) is 19.4. The Balaban J connectivity index is 1.25. The number of para-hydroxylation sites is 2. The standard InChI is InChI=1S/C48H30F3N4OP/c1-28-16-20-33(39(24-28)48(49,50)51)32-18-21-35-34-12-6-8-14-40(34)55(42(35)26-32)41-23-19-30(31-17-22-37-36-13-7-9-15-43(36)56-44(37)27-31)25-38(41)46-52-45(53-47(54-46)57-2)29-10-4-3-5-11-29/h3-27H,2H2,1H3. The highest BCUT2D eigenvalue weighted by molar-refractivity contribution is 7.44. The summed E-state index contributed by atoms with van der Waals surface area (Å²) in [5, 5.41) is 3.94. The summed E-state index contributed by atoms with van der Waals surface area (Å²) in [7, 11) is 0.618. The number of rotatable bonds is 6. The van der Waals surface area contributed by atoms with Crippen molar-refractivity contribution in [2.24, 2.45) is 0 Å². The zero-order chi connectivity index (χ0) is 38.8. The SMILES string of the molecule is C=Pc1nc(-c2ccccc2)nc(-c2cc(-c3ccc4c(c3)oc3ccccc34)ccc2-n2c3ccccc3c3ccc(-c4ccc(C)cc4C(F)(F)F)cc32)n1. The van der Waals surface area contributed by atoms with Gasteiger partial charge in [0.1, 0.15) is 11.2 Å². The van der Waals surface area contributed by atoms with Crippen LogP contribution in [0.1, 0.15) is 11.1 Å². The monoisotopic (exact) mass is 766 g/mol. The minimum absolute atomic E-state index is 0.118. The molecular formula is C48H30F3N4OP. The summed E-state index contributed by atoms with van der Waals surface area (Å²) in [6, 6.07) is 48.1. The predicted molar refractivity (Wildman–Crippen MR) is 227 cm³/mol. The second kappa shape index (κ2) is 13.4. The molecular weight excluding hydrogens is 737 g/mol. The molecule has 0 saturated heterocycles. The number of hydrogen-bond donors (Lipinski definition) is 0. The van der Waals surface area contributed by atoms with Crippen molar-refractivity contribution in [1.29, 1.82) is 0 Å². The van der Waals surface area contributed by atoms with Crippen LogP contribution >= 0.6 is 8.20 Å². The van der Waals surface area contributed by atoms with Crippen molar-refractivity contribution >= 4 is 63.8 Å². The van der Waals surface area contributed by atoms with Gasteiger partial charge >= 0.3 is 6.18 Å². The molecule has 57 heavy (non-hydrogen) atoms. The Kier molecular flexibility index (Phi) is 8.13. The molecule has 7 aromatic carbocycles. The van der Waals surface area contributed by atoms with Crippen LogP contribution in [0.25, 0.3) is 94.5 Å². The van der Waals surface area contributed by atoms with E-state index in [1.165, 1.54) is 6.07 Å². The van der Waals surface area contributed by atoms with Crippen LogP contribution < -0.4 is 5.57 Å². The Morgan fingerprint density at radius 3 is 2.04 bits per heavy atom. The number of aromatic nitrogens is 4. The summed E-state index contributed by atoms with van der Waals surface area (Å²) in [6.45, 7) is 1.67. The van der Waals surface area contributed by atoms with Gasteiger partial charge in [0.05, 0.1) is 22.3 Å². The van der Waals surface area contributed by atoms with E-state index in [-0.39, 0.29) is 5.56 Å². The third kappa shape index (κ3) is 5.97. The van der Waals surface area contributed by atoms with Gasteiger partial charge in [-0.3, -0.25) is 0 Å². The highest BCUT2D eigenvalue weighted by atomic mass is 31.1. The molecule has 0 atom stereocenters. The summed E-state index contributed by atoms with van der Waals surface area (Å²) in [5.74, 6) is 0.951. The fourth-order valence-electron chi connectivity index (χ4n) is 7.81. The van der Waals surface area contributed by atoms with E-state index in [9.17, 15) is 13.2 Å². The maximum atomic E-state index is 14.5. The van der Waals surface area contributed by atoms with Gasteiger partial charge in [-0.25, -0.2) is 15.0 Å². The highest BCUT2D eigenvalue weighted by Crippen LogP contribution is 2.42. The number of aryl methyl sites for hydroxylation is 1. The summed E-state index contributed by atoms with van der Waals surface area (Å²) in [4.78, 5) is 14.8. The van der Waals surface area contributed by atoms with Gasteiger partial charge in [-0.05, 0) is 85.9 Å². The van der Waals surface area contributed by atoms with Crippen LogP contribution in [-0.2, 0) is 6.18 Å². The second-order valence-corrected chi connectivity index (χ2v) is 14.7. The predicted octanol–water partition coefficient (Wildman–Crippen LogP) is 12.9. The number of hydrogen-bond acceptors (Lipinski definition) is 4. The topological polar surface area (TPSA) is 56.7 Å². The average molecular weight is 767 g/mol. The van der Waals surface area contributed by atoms with Crippen molar-refractivity contribution in [3.05, 3.63) is 163 Å². The van der Waals surface area contributed by atoms with Crippen molar-refractivity contribution in [3.8, 4) is 50.7 Å². The van der Waals surface area contributed by atoms with Gasteiger partial charge in [-0.1, -0.05) is 115 Å². The molecule has 0 saturated carbocycles. The van der Waals surface area contributed by atoms with E-state index in [1.807, 2.05) is 97.1 Å². The van der Waals surface area contributed by atoms with Gasteiger partial charge in [0, 0.05) is 32.7 Å². The highest BCUT2D eigenvalue weighted by Gasteiger charge is 2.34. The Morgan fingerprint density at radius 1 is 0.544 bits per heavy atom. The van der Waals surface area contributed by atoms with E-state index in [1.54, 1.807) is 25.1 Å². The van der Waals surface area contributed by atoms with Crippen molar-refractivity contribution in [3.63, 3.8) is 0 Å². The molecule has 0 aliphatic carbocycles. The van der Waals surface area contributed by atoms with Crippen LogP contribution in [-0.4, -0.2) is 25.8 Å². The van der Waals surface area contributed by atoms with Gasteiger partial charge in [0.2, 0.25) is 0 Å². The maximum absolute atomic E-state index is 14.5. The minimum Gasteiger partial charge on any atom is -0.456 e. The maximum Gasteiger partial charge on any atom is 0.417 e. The average Bonchev–Trinajstić information content (AvgIpc) is 3.78. The van der Waals surface area contributed by atoms with E-state index < -0.39 is 11.7 Å². The first-order valence-electron chi connectivity index (χ1n) is 18.3. The third-order valence-corrected chi connectivity index (χ3v) is 10.9. The summed E-state index contributed by atoms with van der Waals surface area (Å²) < 4.78 is 51.8. The third-order valence-electron chi connectivity index (χ3n) is 10.5. The van der Waals surface area contributed by atoms with Gasteiger partial charge < -0.3 is 8.98 Å². The van der Waals surface area contributed by atoms with Crippen LogP contribution in [0.3, 0.4) is 0 Å². The lowest BCUT2D eigenvalue weighted by Gasteiger charge is -2.17. The smallest absolute Gasteiger partial charge is 0.417 e.